The van der Waals surface area contributed by atoms with Crippen LogP contribution >= 0.6 is 11.6 Å². The Morgan fingerprint density at radius 2 is 1.95 bits per heavy atom. The maximum Gasteiger partial charge on any atom is 0.256 e. The number of benzene rings is 2. The summed E-state index contributed by atoms with van der Waals surface area (Å²) in [6, 6.07) is 10.1. The van der Waals surface area contributed by atoms with Gasteiger partial charge in [0.15, 0.2) is 5.82 Å². The third-order valence-electron chi connectivity index (χ3n) is 2.84. The van der Waals surface area contributed by atoms with Crippen molar-refractivity contribution in [1.82, 2.24) is 0 Å². The topological polar surface area (TPSA) is 29.1 Å². The van der Waals surface area contributed by atoms with Gasteiger partial charge in [0, 0.05) is 5.56 Å². The van der Waals surface area contributed by atoms with E-state index in [4.69, 9.17) is 11.6 Å². The molecule has 0 atom stereocenters. The molecule has 2 nitrogen and oxygen atoms in total. The molecule has 1 N–H and O–H groups in total. The summed E-state index contributed by atoms with van der Waals surface area (Å²) in [7, 11) is 0. The predicted octanol–water partition coefficient (Wildman–Crippen LogP) is 4.35. The van der Waals surface area contributed by atoms with Gasteiger partial charge in [0.1, 0.15) is 0 Å². The van der Waals surface area contributed by atoms with Crippen molar-refractivity contribution in [3.05, 3.63) is 63.9 Å². The zero-order valence-electron chi connectivity index (χ0n) is 10.6. The average molecular weight is 278 g/mol. The molecule has 2 rings (SSSR count). The second kappa shape index (κ2) is 5.41. The summed E-state index contributed by atoms with van der Waals surface area (Å²) in [4.78, 5) is 12.1. The van der Waals surface area contributed by atoms with Gasteiger partial charge in [0.25, 0.3) is 5.91 Å². The Balaban J connectivity index is 2.31. The Labute approximate surface area is 116 Å². The summed E-state index contributed by atoms with van der Waals surface area (Å²) in [6.45, 7) is 3.73. The largest absolute Gasteiger partial charge is 0.319 e. The van der Waals surface area contributed by atoms with Crippen LogP contribution in [0, 0.1) is 19.7 Å². The van der Waals surface area contributed by atoms with Crippen LogP contribution in [0.25, 0.3) is 0 Å². The van der Waals surface area contributed by atoms with Crippen molar-refractivity contribution in [3.63, 3.8) is 0 Å². The summed E-state index contributed by atoms with van der Waals surface area (Å²) >= 11 is 5.67. The SMILES string of the molecule is Cc1ccc(C)c(C(=O)Nc2cccc(Cl)c2F)c1. The standard InChI is InChI=1S/C15H13ClFNO/c1-9-6-7-10(2)11(8-9)15(19)18-13-5-3-4-12(16)14(13)17/h3-8H,1-2H3,(H,18,19). The number of nitrogens with one attached hydrogen (secondary N) is 1. The summed E-state index contributed by atoms with van der Waals surface area (Å²) in [5, 5.41) is 2.52. The number of hydrogen-bond donors (Lipinski definition) is 1. The molecule has 2 aromatic rings. The number of carbonyl (C=O) groups is 1. The van der Waals surface area contributed by atoms with Gasteiger partial charge in [0.2, 0.25) is 0 Å². The van der Waals surface area contributed by atoms with Crippen LogP contribution in [0.2, 0.25) is 5.02 Å². The first kappa shape index (κ1) is 13.6. The fourth-order valence-electron chi connectivity index (χ4n) is 1.77. The van der Waals surface area contributed by atoms with Crippen molar-refractivity contribution in [2.75, 3.05) is 5.32 Å². The van der Waals surface area contributed by atoms with Crippen LogP contribution < -0.4 is 5.32 Å². The second-order valence-corrected chi connectivity index (χ2v) is 4.78. The summed E-state index contributed by atoms with van der Waals surface area (Å²) < 4.78 is 13.7. The van der Waals surface area contributed by atoms with E-state index < -0.39 is 5.82 Å². The molecule has 19 heavy (non-hydrogen) atoms. The molecular formula is C15H13ClFNO. The normalized spacial score (nSPS) is 10.3. The molecule has 0 aromatic heterocycles. The van der Waals surface area contributed by atoms with Gasteiger partial charge in [-0.25, -0.2) is 4.39 Å². The van der Waals surface area contributed by atoms with E-state index in [1.165, 1.54) is 12.1 Å². The third-order valence-corrected chi connectivity index (χ3v) is 3.13. The Hall–Kier alpha value is -1.87. The highest BCUT2D eigenvalue weighted by molar-refractivity contribution is 6.31. The molecule has 2 aromatic carbocycles. The van der Waals surface area contributed by atoms with E-state index in [1.807, 2.05) is 26.0 Å². The number of carbonyl (C=O) groups excluding carboxylic acids is 1. The van der Waals surface area contributed by atoms with Crippen LogP contribution in [-0.4, -0.2) is 5.91 Å². The molecule has 98 valence electrons. The van der Waals surface area contributed by atoms with Crippen LogP contribution in [0.3, 0.4) is 0 Å². The van der Waals surface area contributed by atoms with Crippen molar-refractivity contribution in [3.8, 4) is 0 Å². The summed E-state index contributed by atoms with van der Waals surface area (Å²) in [6.07, 6.45) is 0. The Bertz CT molecular complexity index is 640. The lowest BCUT2D eigenvalue weighted by Crippen LogP contribution is -2.14. The first-order valence-corrected chi connectivity index (χ1v) is 6.19. The van der Waals surface area contributed by atoms with E-state index in [1.54, 1.807) is 12.1 Å². The van der Waals surface area contributed by atoms with E-state index >= 15 is 0 Å². The second-order valence-electron chi connectivity index (χ2n) is 4.37. The molecule has 4 heteroatoms. The molecule has 0 bridgehead atoms. The Kier molecular flexibility index (Phi) is 3.86. The maximum atomic E-state index is 13.7. The first-order chi connectivity index (χ1) is 8.99. The van der Waals surface area contributed by atoms with Crippen LogP contribution in [0.5, 0.6) is 0 Å². The highest BCUT2D eigenvalue weighted by Gasteiger charge is 2.13. The minimum atomic E-state index is -0.622. The molecule has 0 fully saturated rings. The van der Waals surface area contributed by atoms with E-state index in [2.05, 4.69) is 5.32 Å². The number of rotatable bonds is 2. The van der Waals surface area contributed by atoms with Gasteiger partial charge in [-0.05, 0) is 37.6 Å². The molecular weight excluding hydrogens is 265 g/mol. The maximum absolute atomic E-state index is 13.7. The lowest BCUT2D eigenvalue weighted by Gasteiger charge is -2.09. The molecule has 0 heterocycles. The van der Waals surface area contributed by atoms with Crippen molar-refractivity contribution in [2.45, 2.75) is 13.8 Å². The quantitative estimate of drug-likeness (QED) is 0.869. The Morgan fingerprint density at radius 1 is 1.21 bits per heavy atom. The number of amides is 1. The monoisotopic (exact) mass is 277 g/mol. The molecule has 0 aliphatic carbocycles. The van der Waals surface area contributed by atoms with Gasteiger partial charge < -0.3 is 5.32 Å². The first-order valence-electron chi connectivity index (χ1n) is 5.81. The van der Waals surface area contributed by atoms with Gasteiger partial charge in [-0.3, -0.25) is 4.79 Å². The number of halogens is 2. The van der Waals surface area contributed by atoms with Gasteiger partial charge >= 0.3 is 0 Å². The lowest BCUT2D eigenvalue weighted by molar-refractivity contribution is 0.102. The fraction of sp³-hybridized carbons (Fsp3) is 0.133. The molecule has 0 saturated carbocycles. The van der Waals surface area contributed by atoms with E-state index in [-0.39, 0.29) is 16.6 Å². The minimum Gasteiger partial charge on any atom is -0.319 e. The van der Waals surface area contributed by atoms with Crippen molar-refractivity contribution >= 4 is 23.2 Å². The summed E-state index contributed by atoms with van der Waals surface area (Å²) in [5.41, 5.74) is 2.42. The van der Waals surface area contributed by atoms with Crippen LogP contribution in [-0.2, 0) is 0 Å². The molecule has 0 saturated heterocycles. The van der Waals surface area contributed by atoms with E-state index in [0.29, 0.717) is 5.56 Å². The zero-order chi connectivity index (χ0) is 14.0. The average Bonchev–Trinajstić information content (AvgIpc) is 2.38. The minimum absolute atomic E-state index is 0.0150. The zero-order valence-corrected chi connectivity index (χ0v) is 11.4. The van der Waals surface area contributed by atoms with Crippen molar-refractivity contribution in [1.29, 1.82) is 0 Å². The molecule has 0 aliphatic heterocycles. The molecule has 0 radical (unpaired) electrons. The number of anilines is 1. The van der Waals surface area contributed by atoms with Crippen LogP contribution in [0.4, 0.5) is 10.1 Å². The number of aryl methyl sites for hydroxylation is 2. The van der Waals surface area contributed by atoms with Crippen LogP contribution in [0.1, 0.15) is 21.5 Å². The third kappa shape index (κ3) is 2.93. The molecule has 1 amide bonds. The van der Waals surface area contributed by atoms with E-state index in [0.717, 1.165) is 11.1 Å². The molecule has 0 spiro atoms. The highest BCUT2D eigenvalue weighted by Crippen LogP contribution is 2.23. The fourth-order valence-corrected chi connectivity index (χ4v) is 1.94. The molecule has 0 aliphatic rings. The smallest absolute Gasteiger partial charge is 0.256 e. The Morgan fingerprint density at radius 3 is 2.68 bits per heavy atom. The van der Waals surface area contributed by atoms with Crippen molar-refractivity contribution < 1.29 is 9.18 Å². The lowest BCUT2D eigenvalue weighted by atomic mass is 10.1. The van der Waals surface area contributed by atoms with E-state index in [9.17, 15) is 9.18 Å². The van der Waals surface area contributed by atoms with Gasteiger partial charge in [-0.2, -0.15) is 0 Å². The van der Waals surface area contributed by atoms with Crippen molar-refractivity contribution in [2.24, 2.45) is 0 Å². The summed E-state index contributed by atoms with van der Waals surface area (Å²) in [5.74, 6) is -0.967. The van der Waals surface area contributed by atoms with Crippen LogP contribution in [0.15, 0.2) is 36.4 Å². The number of hydrogen-bond acceptors (Lipinski definition) is 1. The predicted molar refractivity (Wildman–Crippen MR) is 75.3 cm³/mol. The van der Waals surface area contributed by atoms with Gasteiger partial charge in [-0.1, -0.05) is 35.4 Å². The van der Waals surface area contributed by atoms with Gasteiger partial charge in [-0.15, -0.1) is 0 Å². The molecule has 0 unspecified atom stereocenters. The van der Waals surface area contributed by atoms with Gasteiger partial charge in [0.05, 0.1) is 10.7 Å². The highest BCUT2D eigenvalue weighted by atomic mass is 35.5.